The van der Waals surface area contributed by atoms with Crippen molar-refractivity contribution in [2.75, 3.05) is 0 Å². The molecule has 0 atom stereocenters. The molecule has 0 N–H and O–H groups in total. The van der Waals surface area contributed by atoms with Gasteiger partial charge in [-0.2, -0.15) is 13.7 Å². The third-order valence-electron chi connectivity index (χ3n) is 2.09. The Balaban J connectivity index is 2.41. The Morgan fingerprint density at radius 3 is 2.61 bits per heavy atom. The van der Waals surface area contributed by atoms with Gasteiger partial charge in [0.05, 0.1) is 18.4 Å². The van der Waals surface area contributed by atoms with E-state index < -0.39 is 10.2 Å². The SMILES string of the molecule is C=NCc1cn(S(=O)(=O)n2cnc(C#N)c2)cn1. The van der Waals surface area contributed by atoms with Gasteiger partial charge in [-0.1, -0.05) is 0 Å². The molecule has 0 fully saturated rings. The Labute approximate surface area is 103 Å². The highest BCUT2D eigenvalue weighted by Gasteiger charge is 2.17. The highest BCUT2D eigenvalue weighted by Crippen LogP contribution is 2.06. The van der Waals surface area contributed by atoms with Crippen LogP contribution in [-0.2, 0) is 16.8 Å². The Morgan fingerprint density at radius 1 is 1.33 bits per heavy atom. The van der Waals surface area contributed by atoms with Crippen molar-refractivity contribution in [2.45, 2.75) is 6.54 Å². The molecule has 0 aliphatic carbocycles. The lowest BCUT2D eigenvalue weighted by atomic mass is 10.5. The fraction of sp³-hybridized carbons (Fsp3) is 0.111. The molecule has 0 unspecified atom stereocenters. The van der Waals surface area contributed by atoms with Gasteiger partial charge in [0.2, 0.25) is 0 Å². The quantitative estimate of drug-likeness (QED) is 0.710. The molecule has 0 amide bonds. The standard InChI is InChI=1S/C9H8N6O2S/c1-11-3-9-5-15(7-13-9)18(16,17)14-4-8(2-10)12-6-14/h4-7H,1,3H2. The average molecular weight is 264 g/mol. The zero-order chi connectivity index (χ0) is 13.2. The second-order valence-corrected chi connectivity index (χ2v) is 5.02. The molecule has 2 aromatic rings. The predicted molar refractivity (Wildman–Crippen MR) is 62.1 cm³/mol. The van der Waals surface area contributed by atoms with E-state index in [0.29, 0.717) is 5.69 Å². The number of nitrogens with zero attached hydrogens (tertiary/aromatic N) is 6. The molecule has 0 aliphatic heterocycles. The molecule has 9 heteroatoms. The summed E-state index contributed by atoms with van der Waals surface area (Å²) in [6, 6.07) is 1.75. The first-order valence-corrected chi connectivity index (χ1v) is 6.13. The smallest absolute Gasteiger partial charge is 0.294 e. The third-order valence-corrected chi connectivity index (χ3v) is 3.56. The number of nitriles is 1. The van der Waals surface area contributed by atoms with Gasteiger partial charge in [-0.25, -0.2) is 17.9 Å². The lowest BCUT2D eigenvalue weighted by Crippen LogP contribution is -2.18. The van der Waals surface area contributed by atoms with E-state index in [1.165, 1.54) is 6.20 Å². The van der Waals surface area contributed by atoms with Gasteiger partial charge in [0, 0.05) is 6.20 Å². The molecule has 8 nitrogen and oxygen atoms in total. The van der Waals surface area contributed by atoms with Gasteiger partial charge in [0.15, 0.2) is 5.69 Å². The summed E-state index contributed by atoms with van der Waals surface area (Å²) < 4.78 is 25.9. The maximum atomic E-state index is 12.1. The highest BCUT2D eigenvalue weighted by molar-refractivity contribution is 7.88. The summed E-state index contributed by atoms with van der Waals surface area (Å²) in [5.74, 6) is 0. The fourth-order valence-electron chi connectivity index (χ4n) is 1.27. The maximum absolute atomic E-state index is 12.1. The van der Waals surface area contributed by atoms with Gasteiger partial charge in [0.1, 0.15) is 18.7 Å². The van der Waals surface area contributed by atoms with Crippen LogP contribution in [0.2, 0.25) is 0 Å². The average Bonchev–Trinajstić information content (AvgIpc) is 2.98. The molecule has 2 heterocycles. The molecule has 0 aliphatic rings. The van der Waals surface area contributed by atoms with Crippen molar-refractivity contribution in [1.82, 2.24) is 17.9 Å². The van der Waals surface area contributed by atoms with Crippen molar-refractivity contribution in [1.29, 1.82) is 5.26 Å². The third kappa shape index (κ3) is 2.01. The molecule has 0 spiro atoms. The number of hydrogen-bond donors (Lipinski definition) is 0. The van der Waals surface area contributed by atoms with Crippen molar-refractivity contribution in [3.63, 3.8) is 0 Å². The Kier molecular flexibility index (Phi) is 2.95. The van der Waals surface area contributed by atoms with Crippen molar-refractivity contribution in [3.8, 4) is 6.07 Å². The maximum Gasteiger partial charge on any atom is 0.335 e. The summed E-state index contributed by atoms with van der Waals surface area (Å²) in [4.78, 5) is 11.1. The monoisotopic (exact) mass is 264 g/mol. The van der Waals surface area contributed by atoms with Crippen LogP contribution in [0.4, 0.5) is 0 Å². The van der Waals surface area contributed by atoms with Crippen molar-refractivity contribution >= 4 is 16.9 Å². The number of rotatable bonds is 4. The minimum absolute atomic E-state index is 0.0201. The van der Waals surface area contributed by atoms with Crippen LogP contribution in [0.1, 0.15) is 11.4 Å². The van der Waals surface area contributed by atoms with Crippen molar-refractivity contribution in [3.05, 3.63) is 36.4 Å². The molecule has 2 rings (SSSR count). The van der Waals surface area contributed by atoms with Crippen LogP contribution in [0, 0.1) is 11.3 Å². The van der Waals surface area contributed by atoms with Crippen LogP contribution >= 0.6 is 0 Å². The van der Waals surface area contributed by atoms with Crippen LogP contribution < -0.4 is 0 Å². The van der Waals surface area contributed by atoms with Crippen molar-refractivity contribution < 1.29 is 8.42 Å². The summed E-state index contributed by atoms with van der Waals surface area (Å²) in [6.07, 6.45) is 4.66. The number of hydrogen-bond acceptors (Lipinski definition) is 6. The number of imidazole rings is 2. The van der Waals surface area contributed by atoms with Gasteiger partial charge in [0.25, 0.3) is 0 Å². The summed E-state index contributed by atoms with van der Waals surface area (Å²) in [6.45, 7) is 3.53. The summed E-state index contributed by atoms with van der Waals surface area (Å²) in [5, 5.41) is 8.60. The van der Waals surface area contributed by atoms with E-state index in [2.05, 4.69) is 21.7 Å². The Bertz CT molecular complexity index is 720. The first kappa shape index (κ1) is 12.0. The normalized spacial score (nSPS) is 11.1. The van der Waals surface area contributed by atoms with Crippen LogP contribution in [0.5, 0.6) is 0 Å². The van der Waals surface area contributed by atoms with E-state index in [4.69, 9.17) is 5.26 Å². The first-order valence-electron chi connectivity index (χ1n) is 4.73. The van der Waals surface area contributed by atoms with E-state index in [1.54, 1.807) is 6.07 Å². The summed E-state index contributed by atoms with van der Waals surface area (Å²) in [7, 11) is -3.83. The second-order valence-electron chi connectivity index (χ2n) is 3.29. The van der Waals surface area contributed by atoms with Crippen LogP contribution in [-0.4, -0.2) is 33.0 Å². The van der Waals surface area contributed by atoms with Gasteiger partial charge < -0.3 is 0 Å². The number of aromatic nitrogens is 4. The Morgan fingerprint density at radius 2 is 2.00 bits per heavy atom. The molecular formula is C9H8N6O2S. The van der Waals surface area contributed by atoms with Gasteiger partial charge in [-0.15, -0.1) is 0 Å². The summed E-state index contributed by atoms with van der Waals surface area (Å²) >= 11 is 0. The largest absolute Gasteiger partial charge is 0.335 e. The molecular weight excluding hydrogens is 256 g/mol. The minimum Gasteiger partial charge on any atom is -0.294 e. The first-order chi connectivity index (χ1) is 8.57. The van der Waals surface area contributed by atoms with E-state index in [9.17, 15) is 8.42 Å². The highest BCUT2D eigenvalue weighted by atomic mass is 32.2. The van der Waals surface area contributed by atoms with Crippen LogP contribution in [0.15, 0.2) is 30.0 Å². The predicted octanol–water partition coefficient (Wildman–Crippen LogP) is -0.207. The number of aliphatic imine (C=N–C) groups is 1. The molecule has 92 valence electrons. The summed E-state index contributed by atoms with van der Waals surface area (Å²) in [5.41, 5.74) is 0.501. The van der Waals surface area contributed by atoms with Crippen LogP contribution in [0.3, 0.4) is 0 Å². The molecule has 0 aromatic carbocycles. The van der Waals surface area contributed by atoms with Gasteiger partial charge in [-0.3, -0.25) is 4.99 Å². The van der Waals surface area contributed by atoms with E-state index in [0.717, 1.165) is 26.8 Å². The van der Waals surface area contributed by atoms with E-state index >= 15 is 0 Å². The van der Waals surface area contributed by atoms with Gasteiger partial charge in [-0.05, 0) is 6.72 Å². The molecule has 0 saturated heterocycles. The molecule has 0 radical (unpaired) electrons. The molecule has 0 saturated carbocycles. The van der Waals surface area contributed by atoms with Crippen LogP contribution in [0.25, 0.3) is 0 Å². The second kappa shape index (κ2) is 4.42. The lowest BCUT2D eigenvalue weighted by molar-refractivity contribution is 0.578. The zero-order valence-corrected chi connectivity index (χ0v) is 9.95. The fourth-order valence-corrected chi connectivity index (χ4v) is 2.30. The minimum atomic E-state index is -3.83. The van der Waals surface area contributed by atoms with Gasteiger partial charge >= 0.3 is 10.2 Å². The van der Waals surface area contributed by atoms with E-state index in [1.807, 2.05) is 0 Å². The Hall–Kier alpha value is -2.47. The van der Waals surface area contributed by atoms with E-state index in [-0.39, 0.29) is 12.2 Å². The van der Waals surface area contributed by atoms with Crippen molar-refractivity contribution in [2.24, 2.45) is 4.99 Å². The molecule has 2 aromatic heterocycles. The molecule has 18 heavy (non-hydrogen) atoms. The lowest BCUT2D eigenvalue weighted by Gasteiger charge is -2.03. The topological polar surface area (TPSA) is 106 Å². The zero-order valence-electron chi connectivity index (χ0n) is 9.13. The molecule has 0 bridgehead atoms.